The van der Waals surface area contributed by atoms with Gasteiger partial charge in [0.15, 0.2) is 11.7 Å². The Labute approximate surface area is 427 Å². The van der Waals surface area contributed by atoms with Crippen LogP contribution in [-0.4, -0.2) is 174 Å². The quantitative estimate of drug-likeness (QED) is 0.120. The highest BCUT2D eigenvalue weighted by atomic mass is 16.5. The van der Waals surface area contributed by atoms with E-state index in [9.17, 15) is 9.59 Å². The molecule has 1 saturated heterocycles. The predicted octanol–water partition coefficient (Wildman–Crippen LogP) is 3.89. The summed E-state index contributed by atoms with van der Waals surface area (Å²) >= 11 is 0. The largest absolute Gasteiger partial charge is 0.483 e. The van der Waals surface area contributed by atoms with E-state index < -0.39 is 0 Å². The molecule has 4 aromatic rings. The van der Waals surface area contributed by atoms with E-state index in [0.717, 1.165) is 150 Å². The van der Waals surface area contributed by atoms with Gasteiger partial charge >= 0.3 is 0 Å². The van der Waals surface area contributed by atoms with Crippen molar-refractivity contribution in [2.24, 2.45) is 10.8 Å². The van der Waals surface area contributed by atoms with E-state index in [4.69, 9.17) is 4.74 Å². The Bertz CT molecular complexity index is 2030. The Morgan fingerprint density at radius 1 is 0.634 bits per heavy atom. The molecule has 0 saturated carbocycles. The molecule has 2 amide bonds. The number of likely N-dealkylation sites (N-methyl/N-ethyl adjacent to an activating group) is 3. The van der Waals surface area contributed by atoms with Gasteiger partial charge in [-0.3, -0.25) is 34.7 Å². The second-order valence-corrected chi connectivity index (χ2v) is 15.2. The molecule has 0 unspecified atom stereocenters. The number of nitrogens with one attached hydrogen (secondary N) is 3. The summed E-state index contributed by atoms with van der Waals surface area (Å²) < 4.78 is 11.5. The third kappa shape index (κ3) is 25.5. The number of nitrogens with two attached hydrogens (primary N) is 1. The number of amides is 2. The molecular formula is C48H96N20O3. The summed E-state index contributed by atoms with van der Waals surface area (Å²) in [6.45, 7) is 45.0. The van der Waals surface area contributed by atoms with Gasteiger partial charge in [-0.1, -0.05) is 69.2 Å². The maximum atomic E-state index is 10.5. The van der Waals surface area contributed by atoms with Crippen LogP contribution in [0, 0.1) is 34.6 Å². The van der Waals surface area contributed by atoms with Gasteiger partial charge < -0.3 is 34.0 Å². The fraction of sp³-hybridized carbons (Fsp3) is 0.729. The van der Waals surface area contributed by atoms with Gasteiger partial charge in [0.1, 0.15) is 40.8 Å². The number of fused-ring (bicyclic) bond motifs is 3. The number of nitrogens with zero attached hydrogens (tertiary/aromatic N) is 16. The van der Waals surface area contributed by atoms with Crippen LogP contribution in [-0.2, 0) is 53.6 Å². The second-order valence-electron chi connectivity index (χ2n) is 15.2. The molecule has 0 aliphatic carbocycles. The Morgan fingerprint density at radius 2 is 1.13 bits per heavy atom. The highest BCUT2D eigenvalue weighted by Crippen LogP contribution is 2.22. The lowest BCUT2D eigenvalue weighted by Gasteiger charge is -2.29. The molecule has 0 spiro atoms. The summed E-state index contributed by atoms with van der Waals surface area (Å²) in [5, 5.41) is 30.4. The number of hydrogen-bond acceptors (Lipinski definition) is 18. The van der Waals surface area contributed by atoms with Crippen molar-refractivity contribution in [1.29, 1.82) is 0 Å². The molecule has 9 rings (SSSR count). The zero-order valence-electron chi connectivity index (χ0n) is 47.6. The SMILES string of the molecule is CC.CC.CC.CC.CC.CC(=O)NN.CN1CCNC(=O)C1.COC1=NCCN(C)C1.Cc1ncc(C)c(N2CCn3c(C)nnc3C2)n1.Cc1nnc2n1CCN(C)C2.Cc1nnc2n1CCNC2. The highest BCUT2D eigenvalue weighted by Gasteiger charge is 2.22. The Morgan fingerprint density at radius 3 is 1.59 bits per heavy atom. The maximum absolute atomic E-state index is 10.5. The van der Waals surface area contributed by atoms with Gasteiger partial charge in [-0.05, 0) is 55.8 Å². The molecule has 1 fully saturated rings. The number of piperazine rings is 1. The van der Waals surface area contributed by atoms with Crippen molar-refractivity contribution in [1.82, 2.24) is 85.0 Å². The van der Waals surface area contributed by atoms with E-state index in [1.54, 1.807) is 7.11 Å². The molecule has 5 aliphatic rings. The van der Waals surface area contributed by atoms with Crippen molar-refractivity contribution >= 4 is 23.5 Å². The van der Waals surface area contributed by atoms with Crippen LogP contribution in [0.3, 0.4) is 0 Å². The minimum absolute atomic E-state index is 0.138. The lowest BCUT2D eigenvalue weighted by molar-refractivity contribution is -0.123. The number of carbonyl (C=O) groups excluding carboxylic acids is 2. The van der Waals surface area contributed by atoms with Gasteiger partial charge in [-0.15, -0.1) is 30.6 Å². The van der Waals surface area contributed by atoms with Crippen molar-refractivity contribution in [2.45, 2.75) is 150 Å². The summed E-state index contributed by atoms with van der Waals surface area (Å²) in [5.74, 6) is 13.4. The third-order valence-corrected chi connectivity index (χ3v) is 10.1. The van der Waals surface area contributed by atoms with Crippen molar-refractivity contribution in [3.63, 3.8) is 0 Å². The Balaban J connectivity index is 0. The highest BCUT2D eigenvalue weighted by molar-refractivity contribution is 5.79. The van der Waals surface area contributed by atoms with E-state index in [1.807, 2.05) is 127 Å². The van der Waals surface area contributed by atoms with Crippen LogP contribution in [0.5, 0.6) is 0 Å². The Kier molecular flexibility index (Phi) is 38.2. The minimum atomic E-state index is -0.218. The molecule has 4 aromatic heterocycles. The van der Waals surface area contributed by atoms with Crippen LogP contribution >= 0.6 is 0 Å². The van der Waals surface area contributed by atoms with Gasteiger partial charge in [-0.2, -0.15) is 0 Å². The average Bonchev–Trinajstić information content (AvgIpc) is 4.10. The first-order chi connectivity index (χ1) is 34.2. The second kappa shape index (κ2) is 40.1. The number of ether oxygens (including phenoxy) is 1. The molecule has 9 heterocycles. The first-order valence-corrected chi connectivity index (χ1v) is 25.5. The van der Waals surface area contributed by atoms with E-state index in [0.29, 0.717) is 6.54 Å². The van der Waals surface area contributed by atoms with Crippen molar-refractivity contribution in [2.75, 3.05) is 92.1 Å². The number of aliphatic imine (C=N–C) groups is 1. The van der Waals surface area contributed by atoms with Crippen LogP contribution < -0.4 is 26.8 Å². The average molecular weight is 1000 g/mol. The summed E-state index contributed by atoms with van der Waals surface area (Å²) in [6.07, 6.45) is 1.88. The van der Waals surface area contributed by atoms with Crippen molar-refractivity contribution in [3.8, 4) is 0 Å². The first kappa shape index (κ1) is 67.6. The number of aryl methyl sites for hydroxylation is 5. The van der Waals surface area contributed by atoms with Crippen LogP contribution in [0.4, 0.5) is 5.82 Å². The fourth-order valence-electron chi connectivity index (χ4n) is 6.58. The monoisotopic (exact) mass is 1000 g/mol. The first-order valence-electron chi connectivity index (χ1n) is 25.5. The third-order valence-electron chi connectivity index (χ3n) is 10.1. The lowest BCUT2D eigenvalue weighted by atomic mass is 10.2. The Hall–Kier alpha value is -5.49. The number of rotatable bonds is 1. The number of hydrogen-bond donors (Lipinski definition) is 4. The molecule has 71 heavy (non-hydrogen) atoms. The fourth-order valence-corrected chi connectivity index (χ4v) is 6.58. The zero-order chi connectivity index (χ0) is 54.5. The molecule has 0 radical (unpaired) electrons. The normalized spacial score (nSPS) is 15.1. The van der Waals surface area contributed by atoms with E-state index in [-0.39, 0.29) is 11.8 Å². The van der Waals surface area contributed by atoms with Gasteiger partial charge in [0.05, 0.1) is 46.4 Å². The van der Waals surface area contributed by atoms with Crippen LogP contribution in [0.15, 0.2) is 11.2 Å². The van der Waals surface area contributed by atoms with Gasteiger partial charge in [0.25, 0.3) is 0 Å². The topological polar surface area (TPSA) is 249 Å². The molecular weight excluding hydrogens is 905 g/mol. The number of methoxy groups -OCH3 is 1. The predicted molar refractivity (Wildman–Crippen MR) is 287 cm³/mol. The summed E-state index contributed by atoms with van der Waals surface area (Å²) in [5.41, 5.74) is 2.99. The van der Waals surface area contributed by atoms with Crippen molar-refractivity contribution < 1.29 is 14.3 Å². The molecule has 0 bridgehead atoms. The minimum Gasteiger partial charge on any atom is -0.483 e. The maximum Gasteiger partial charge on any atom is 0.234 e. The van der Waals surface area contributed by atoms with Crippen LogP contribution in [0.25, 0.3) is 0 Å². The van der Waals surface area contributed by atoms with Crippen molar-refractivity contribution in [3.05, 3.63) is 52.5 Å². The van der Waals surface area contributed by atoms with E-state index in [1.165, 1.54) is 6.92 Å². The summed E-state index contributed by atoms with van der Waals surface area (Å²) in [6, 6.07) is 0. The van der Waals surface area contributed by atoms with E-state index >= 15 is 0 Å². The number of hydrazine groups is 1. The van der Waals surface area contributed by atoms with Gasteiger partial charge in [0, 0.05) is 77.6 Å². The molecule has 0 atom stereocenters. The molecule has 23 nitrogen and oxygen atoms in total. The summed E-state index contributed by atoms with van der Waals surface area (Å²) in [7, 11) is 7.78. The molecule has 23 heteroatoms. The molecule has 5 N–H and O–H groups in total. The summed E-state index contributed by atoms with van der Waals surface area (Å²) in [4.78, 5) is 41.7. The lowest BCUT2D eigenvalue weighted by Crippen LogP contribution is -2.45. The number of aromatic nitrogens is 11. The smallest absolute Gasteiger partial charge is 0.234 e. The number of anilines is 1. The van der Waals surface area contributed by atoms with Crippen LogP contribution in [0.2, 0.25) is 0 Å². The standard InChI is InChI=1S/C12H16N6.C7H12N4.C6H10N4.C6H12N2O.C5H10N2O.C2H6N2O.5C2H6/c1-8-6-13-9(2)14-12(8)17-4-5-18-10(3)15-16-11(18)7-17;1-6-8-9-7-5-10(2)3-4-11(6)7;1-5-8-9-6-4-7-2-3-10(5)6;1-8-4-3-7-6(5-8)9-2;1-7-3-2-6-5(8)4-7;1-2(5)4-3;5*1-2/h6H,4-5,7H2,1-3H3;3-5H2,1-2H3;7H,2-4H2,1H3;3-5H2,1-2H3;2-4H2,1H3,(H,6,8);3H2,1H3,(H,4,5);5*1-2H3. The molecule has 0 aromatic carbocycles. The van der Waals surface area contributed by atoms with E-state index in [2.05, 4.69) is 105 Å². The molecule has 406 valence electrons. The van der Waals surface area contributed by atoms with Gasteiger partial charge in [-0.25, -0.2) is 15.8 Å². The zero-order valence-corrected chi connectivity index (χ0v) is 47.6. The van der Waals surface area contributed by atoms with Gasteiger partial charge in [0.2, 0.25) is 11.8 Å². The van der Waals surface area contributed by atoms with Crippen LogP contribution in [0.1, 0.15) is 122 Å². The number of carbonyl (C=O) groups is 2. The molecule has 5 aliphatic heterocycles.